The summed E-state index contributed by atoms with van der Waals surface area (Å²) in [5.74, 6) is 0.384. The molecule has 2 aromatic rings. The van der Waals surface area contributed by atoms with Gasteiger partial charge >= 0.3 is 0 Å². The van der Waals surface area contributed by atoms with Gasteiger partial charge in [-0.3, -0.25) is 14.4 Å². The van der Waals surface area contributed by atoms with Crippen LogP contribution in [0.2, 0.25) is 0 Å². The number of benzene rings is 2. The van der Waals surface area contributed by atoms with Crippen LogP contribution >= 0.6 is 0 Å². The maximum atomic E-state index is 12.3. The van der Waals surface area contributed by atoms with Crippen molar-refractivity contribution in [3.8, 4) is 17.2 Å². The Morgan fingerprint density at radius 1 is 0.893 bits per heavy atom. The summed E-state index contributed by atoms with van der Waals surface area (Å²) in [4.78, 5) is 35.2. The summed E-state index contributed by atoms with van der Waals surface area (Å²) in [6.45, 7) is 2.44. The number of rotatable bonds is 8. The normalized spacial score (nSPS) is 10.0. The predicted molar refractivity (Wildman–Crippen MR) is 104 cm³/mol. The van der Waals surface area contributed by atoms with Crippen LogP contribution in [0.15, 0.2) is 36.4 Å². The molecule has 0 heterocycles. The molecule has 0 fully saturated rings. The summed E-state index contributed by atoms with van der Waals surface area (Å²) in [6.07, 6.45) is 0. The van der Waals surface area contributed by atoms with E-state index in [0.717, 1.165) is 0 Å². The molecule has 2 amide bonds. The molecule has 0 bridgehead atoms. The van der Waals surface area contributed by atoms with Gasteiger partial charge in [-0.1, -0.05) is 0 Å². The molecule has 0 saturated heterocycles. The molecule has 148 valence electrons. The van der Waals surface area contributed by atoms with Crippen molar-refractivity contribution in [1.82, 2.24) is 0 Å². The van der Waals surface area contributed by atoms with Crippen molar-refractivity contribution in [2.45, 2.75) is 13.8 Å². The van der Waals surface area contributed by atoms with Crippen LogP contribution in [0, 0.1) is 0 Å². The smallest absolute Gasteiger partial charge is 0.262 e. The van der Waals surface area contributed by atoms with Gasteiger partial charge < -0.3 is 24.8 Å². The van der Waals surface area contributed by atoms with E-state index < -0.39 is 5.91 Å². The SMILES string of the molecule is COc1cc(NC(=O)COc2cc(C(C)=O)ccc2NC(C)=O)cc(OC)c1. The fourth-order valence-corrected chi connectivity index (χ4v) is 2.37. The first-order valence-electron chi connectivity index (χ1n) is 8.40. The Morgan fingerprint density at radius 3 is 2.07 bits per heavy atom. The van der Waals surface area contributed by atoms with Crippen molar-refractivity contribution in [2.75, 3.05) is 31.5 Å². The predicted octanol–water partition coefficient (Wildman–Crippen LogP) is 2.88. The Kier molecular flexibility index (Phi) is 6.97. The van der Waals surface area contributed by atoms with Gasteiger partial charge in [-0.05, 0) is 25.1 Å². The van der Waals surface area contributed by atoms with E-state index >= 15 is 0 Å². The van der Waals surface area contributed by atoms with E-state index in [1.165, 1.54) is 34.1 Å². The molecule has 0 aliphatic carbocycles. The highest BCUT2D eigenvalue weighted by molar-refractivity contribution is 5.97. The number of nitrogens with one attached hydrogen (secondary N) is 2. The number of ether oxygens (including phenoxy) is 3. The number of methoxy groups -OCH3 is 2. The summed E-state index contributed by atoms with van der Waals surface area (Å²) in [5.41, 5.74) is 1.25. The summed E-state index contributed by atoms with van der Waals surface area (Å²) in [6, 6.07) is 9.56. The quantitative estimate of drug-likeness (QED) is 0.676. The first kappa shape index (κ1) is 20.8. The van der Waals surface area contributed by atoms with E-state index in [0.29, 0.717) is 28.4 Å². The zero-order valence-electron chi connectivity index (χ0n) is 16.1. The average molecular weight is 386 g/mol. The minimum atomic E-state index is -0.433. The Morgan fingerprint density at radius 2 is 1.54 bits per heavy atom. The van der Waals surface area contributed by atoms with Gasteiger partial charge in [0.1, 0.15) is 17.2 Å². The number of amides is 2. The summed E-state index contributed by atoms with van der Waals surface area (Å²) in [7, 11) is 3.02. The van der Waals surface area contributed by atoms with Crippen molar-refractivity contribution in [2.24, 2.45) is 0 Å². The van der Waals surface area contributed by atoms with Crippen LogP contribution < -0.4 is 24.8 Å². The van der Waals surface area contributed by atoms with Gasteiger partial charge in [0.2, 0.25) is 5.91 Å². The Balaban J connectivity index is 2.12. The number of Topliss-reactive ketones (excluding diaryl/α,β-unsaturated/α-hetero) is 1. The van der Waals surface area contributed by atoms with Crippen LogP contribution in [0.25, 0.3) is 0 Å². The zero-order valence-corrected chi connectivity index (χ0v) is 16.1. The number of carbonyl (C=O) groups excluding carboxylic acids is 3. The molecule has 0 saturated carbocycles. The topological polar surface area (TPSA) is 103 Å². The zero-order chi connectivity index (χ0) is 20.7. The number of hydrogen-bond acceptors (Lipinski definition) is 6. The van der Waals surface area contributed by atoms with E-state index in [4.69, 9.17) is 14.2 Å². The third kappa shape index (κ3) is 5.73. The summed E-state index contributed by atoms with van der Waals surface area (Å²) < 4.78 is 15.9. The van der Waals surface area contributed by atoms with Crippen LogP contribution in [-0.2, 0) is 9.59 Å². The third-order valence-electron chi connectivity index (χ3n) is 3.69. The van der Waals surface area contributed by atoms with E-state index in [2.05, 4.69) is 10.6 Å². The highest BCUT2D eigenvalue weighted by atomic mass is 16.5. The molecule has 0 aliphatic rings. The molecule has 8 heteroatoms. The fraction of sp³-hybridized carbons (Fsp3) is 0.250. The minimum Gasteiger partial charge on any atom is -0.497 e. The van der Waals surface area contributed by atoms with E-state index in [1.807, 2.05) is 0 Å². The molecule has 0 aromatic heterocycles. The Hall–Kier alpha value is -3.55. The molecule has 0 atom stereocenters. The number of ketones is 1. The van der Waals surface area contributed by atoms with E-state index in [1.54, 1.807) is 30.3 Å². The lowest BCUT2D eigenvalue weighted by Crippen LogP contribution is -2.21. The number of hydrogen-bond donors (Lipinski definition) is 2. The molecular formula is C20H22N2O6. The van der Waals surface area contributed by atoms with Crippen LogP contribution in [-0.4, -0.2) is 38.4 Å². The van der Waals surface area contributed by atoms with Gasteiger partial charge in [0.25, 0.3) is 5.91 Å². The number of carbonyl (C=O) groups is 3. The molecule has 0 radical (unpaired) electrons. The Labute approximate surface area is 162 Å². The molecule has 0 spiro atoms. The molecule has 8 nitrogen and oxygen atoms in total. The molecule has 2 rings (SSSR count). The van der Waals surface area contributed by atoms with E-state index in [9.17, 15) is 14.4 Å². The van der Waals surface area contributed by atoms with Crippen molar-refractivity contribution in [3.63, 3.8) is 0 Å². The second-order valence-electron chi connectivity index (χ2n) is 5.89. The maximum absolute atomic E-state index is 12.3. The molecule has 28 heavy (non-hydrogen) atoms. The summed E-state index contributed by atoms with van der Waals surface area (Å²) in [5, 5.41) is 5.28. The van der Waals surface area contributed by atoms with Crippen molar-refractivity contribution in [1.29, 1.82) is 0 Å². The Bertz CT molecular complexity index is 872. The molecule has 0 unspecified atom stereocenters. The second kappa shape index (κ2) is 9.40. The lowest BCUT2D eigenvalue weighted by Gasteiger charge is -2.13. The average Bonchev–Trinajstić information content (AvgIpc) is 2.66. The lowest BCUT2D eigenvalue weighted by atomic mass is 10.1. The maximum Gasteiger partial charge on any atom is 0.262 e. The second-order valence-corrected chi connectivity index (χ2v) is 5.89. The molecule has 2 aromatic carbocycles. The van der Waals surface area contributed by atoms with Gasteiger partial charge in [-0.2, -0.15) is 0 Å². The first-order valence-corrected chi connectivity index (χ1v) is 8.40. The molecular weight excluding hydrogens is 364 g/mol. The van der Waals surface area contributed by atoms with Gasteiger partial charge in [0.15, 0.2) is 12.4 Å². The third-order valence-corrected chi connectivity index (χ3v) is 3.69. The van der Waals surface area contributed by atoms with Crippen molar-refractivity contribution >= 4 is 29.0 Å². The van der Waals surface area contributed by atoms with Crippen LogP contribution in [0.1, 0.15) is 24.2 Å². The largest absolute Gasteiger partial charge is 0.497 e. The van der Waals surface area contributed by atoms with Gasteiger partial charge in [-0.15, -0.1) is 0 Å². The molecule has 0 aliphatic heterocycles. The van der Waals surface area contributed by atoms with Gasteiger partial charge in [-0.25, -0.2) is 0 Å². The summed E-state index contributed by atoms with van der Waals surface area (Å²) >= 11 is 0. The van der Waals surface area contributed by atoms with Crippen LogP contribution in [0.5, 0.6) is 17.2 Å². The highest BCUT2D eigenvalue weighted by Crippen LogP contribution is 2.27. The fourth-order valence-electron chi connectivity index (χ4n) is 2.37. The van der Waals surface area contributed by atoms with Crippen molar-refractivity contribution in [3.05, 3.63) is 42.0 Å². The van der Waals surface area contributed by atoms with E-state index in [-0.39, 0.29) is 24.0 Å². The molecule has 2 N–H and O–H groups in total. The highest BCUT2D eigenvalue weighted by Gasteiger charge is 2.12. The van der Waals surface area contributed by atoms with Crippen LogP contribution in [0.3, 0.4) is 0 Å². The minimum absolute atomic E-state index is 0.160. The van der Waals surface area contributed by atoms with Gasteiger partial charge in [0.05, 0.1) is 19.9 Å². The first-order chi connectivity index (χ1) is 13.3. The van der Waals surface area contributed by atoms with Crippen molar-refractivity contribution < 1.29 is 28.6 Å². The monoisotopic (exact) mass is 386 g/mol. The van der Waals surface area contributed by atoms with Crippen LogP contribution in [0.4, 0.5) is 11.4 Å². The standard InChI is InChI=1S/C20H22N2O6/c1-12(23)14-5-6-18(21-13(2)24)19(7-14)28-11-20(25)22-15-8-16(26-3)10-17(9-15)27-4/h5-10H,11H2,1-4H3,(H,21,24)(H,22,25). The van der Waals surface area contributed by atoms with Gasteiger partial charge in [0, 0.05) is 36.4 Å². The lowest BCUT2D eigenvalue weighted by molar-refractivity contribution is -0.118. The number of anilines is 2.